The number of halogens is 3. The van der Waals surface area contributed by atoms with Gasteiger partial charge in [-0.05, 0) is 76.2 Å². The van der Waals surface area contributed by atoms with Gasteiger partial charge in [-0.25, -0.2) is 9.37 Å². The van der Waals surface area contributed by atoms with Crippen LogP contribution in [0.3, 0.4) is 0 Å². The summed E-state index contributed by atoms with van der Waals surface area (Å²) in [6, 6.07) is 15.3. The fourth-order valence-corrected chi connectivity index (χ4v) is 4.55. The zero-order chi connectivity index (χ0) is 24.2. The molecule has 4 rings (SSSR count). The second-order valence-electron chi connectivity index (χ2n) is 7.36. The summed E-state index contributed by atoms with van der Waals surface area (Å²) < 4.78 is 27.8. The molecule has 3 aromatic carbocycles. The third-order valence-electron chi connectivity index (χ3n) is 5.04. The summed E-state index contributed by atoms with van der Waals surface area (Å²) >= 11 is 5.55. The average Bonchev–Trinajstić information content (AvgIpc) is 2.82. The summed E-state index contributed by atoms with van der Waals surface area (Å²) in [5.74, 6) is 1.31. The van der Waals surface area contributed by atoms with Gasteiger partial charge in [0, 0.05) is 10.9 Å². The Labute approximate surface area is 217 Å². The molecule has 0 atom stereocenters. The fourth-order valence-electron chi connectivity index (χ4n) is 3.40. The number of fused-ring (bicyclic) bond motifs is 1. The molecular weight excluding hydrogens is 616 g/mol. The van der Waals surface area contributed by atoms with Crippen LogP contribution in [0.5, 0.6) is 11.5 Å². The molecule has 1 heterocycles. The molecule has 0 amide bonds. The van der Waals surface area contributed by atoms with Gasteiger partial charge in [0.1, 0.15) is 18.2 Å². The zero-order valence-corrected chi connectivity index (χ0v) is 22.1. The molecule has 9 heteroatoms. The molecule has 34 heavy (non-hydrogen) atoms. The first kappa shape index (κ1) is 24.3. The second kappa shape index (κ2) is 10.6. The third kappa shape index (κ3) is 5.30. The van der Waals surface area contributed by atoms with E-state index in [0.29, 0.717) is 40.2 Å². The van der Waals surface area contributed by atoms with Crippen LogP contribution in [0.15, 0.2) is 69.0 Å². The maximum atomic E-state index is 13.5. The van der Waals surface area contributed by atoms with E-state index in [4.69, 9.17) is 9.47 Å². The highest BCUT2D eigenvalue weighted by Gasteiger charge is 2.13. The Morgan fingerprint density at radius 1 is 1.21 bits per heavy atom. The lowest BCUT2D eigenvalue weighted by Gasteiger charge is -2.14. The first-order valence-corrected chi connectivity index (χ1v) is 12.3. The molecule has 0 saturated carbocycles. The van der Waals surface area contributed by atoms with Crippen LogP contribution < -0.4 is 15.0 Å². The summed E-state index contributed by atoms with van der Waals surface area (Å²) in [4.78, 5) is 17.7. The highest BCUT2D eigenvalue weighted by Crippen LogP contribution is 2.34. The molecule has 0 saturated heterocycles. The molecule has 0 aliphatic rings. The van der Waals surface area contributed by atoms with E-state index in [1.807, 2.05) is 25.1 Å². The third-order valence-corrected chi connectivity index (χ3v) is 6.33. The van der Waals surface area contributed by atoms with E-state index in [0.717, 1.165) is 13.6 Å². The predicted molar refractivity (Wildman–Crippen MR) is 143 cm³/mol. The summed E-state index contributed by atoms with van der Waals surface area (Å²) in [5, 5.41) is 4.92. The van der Waals surface area contributed by atoms with Crippen LogP contribution >= 0.6 is 38.5 Å². The van der Waals surface area contributed by atoms with Gasteiger partial charge in [-0.2, -0.15) is 9.78 Å². The van der Waals surface area contributed by atoms with Gasteiger partial charge in [-0.3, -0.25) is 4.79 Å². The van der Waals surface area contributed by atoms with Gasteiger partial charge in [-0.1, -0.05) is 35.0 Å². The lowest BCUT2D eigenvalue weighted by atomic mass is 10.2. The number of benzene rings is 3. The van der Waals surface area contributed by atoms with Crippen LogP contribution in [-0.2, 0) is 13.0 Å². The molecule has 0 bridgehead atoms. The van der Waals surface area contributed by atoms with Crippen LogP contribution in [0, 0.1) is 9.39 Å². The highest BCUT2D eigenvalue weighted by molar-refractivity contribution is 14.1. The predicted octanol–water partition coefficient (Wildman–Crippen LogP) is 5.93. The minimum atomic E-state index is -0.313. The van der Waals surface area contributed by atoms with Crippen molar-refractivity contribution in [2.75, 3.05) is 7.11 Å². The normalized spacial score (nSPS) is 11.3. The Balaban J connectivity index is 1.66. The number of hydrogen-bond acceptors (Lipinski definition) is 5. The van der Waals surface area contributed by atoms with Gasteiger partial charge < -0.3 is 9.47 Å². The Bertz CT molecular complexity index is 1460. The molecule has 4 aromatic rings. The van der Waals surface area contributed by atoms with Crippen LogP contribution in [-0.4, -0.2) is 23.0 Å². The molecule has 0 aliphatic carbocycles. The minimum Gasteiger partial charge on any atom is -0.493 e. The molecule has 174 valence electrons. The highest BCUT2D eigenvalue weighted by atomic mass is 127. The largest absolute Gasteiger partial charge is 0.493 e. The molecule has 0 radical (unpaired) electrons. The van der Waals surface area contributed by atoms with Crippen molar-refractivity contribution in [3.05, 3.63) is 95.8 Å². The van der Waals surface area contributed by atoms with Crippen molar-refractivity contribution < 1.29 is 13.9 Å². The quantitative estimate of drug-likeness (QED) is 0.186. The van der Waals surface area contributed by atoms with Gasteiger partial charge >= 0.3 is 0 Å². The van der Waals surface area contributed by atoms with Crippen LogP contribution in [0.1, 0.15) is 23.9 Å². The molecule has 6 nitrogen and oxygen atoms in total. The van der Waals surface area contributed by atoms with Crippen molar-refractivity contribution >= 4 is 55.6 Å². The number of aromatic nitrogens is 2. The van der Waals surface area contributed by atoms with Crippen LogP contribution in [0.4, 0.5) is 4.39 Å². The fraction of sp³-hybridized carbons (Fsp3) is 0.160. The van der Waals surface area contributed by atoms with Gasteiger partial charge in [0.15, 0.2) is 11.5 Å². The lowest BCUT2D eigenvalue weighted by molar-refractivity contribution is 0.282. The standard InChI is InChI=1S/C25H20BrFIN3O3/c1-3-23-30-21-8-7-17(26)12-19(21)25(32)31(23)29-13-16-10-20(28)24(22(11-16)33-2)34-14-15-5-4-6-18(27)9-15/h4-13H,3,14H2,1-2H3. The Morgan fingerprint density at radius 3 is 2.76 bits per heavy atom. The van der Waals surface area contributed by atoms with E-state index in [1.165, 1.54) is 16.8 Å². The Morgan fingerprint density at radius 2 is 2.03 bits per heavy atom. The molecule has 0 spiro atoms. The summed E-state index contributed by atoms with van der Waals surface area (Å²) in [6.45, 7) is 2.13. The van der Waals surface area contributed by atoms with E-state index in [2.05, 4.69) is 48.6 Å². The number of aryl methyl sites for hydroxylation is 1. The van der Waals surface area contributed by atoms with Gasteiger partial charge in [0.2, 0.25) is 0 Å². The van der Waals surface area contributed by atoms with Crippen LogP contribution in [0.2, 0.25) is 0 Å². The van der Waals surface area contributed by atoms with E-state index in [-0.39, 0.29) is 18.0 Å². The minimum absolute atomic E-state index is 0.200. The lowest BCUT2D eigenvalue weighted by Crippen LogP contribution is -2.22. The first-order valence-electron chi connectivity index (χ1n) is 10.4. The molecule has 1 aromatic heterocycles. The molecule has 0 aliphatic heterocycles. The molecule has 0 fully saturated rings. The van der Waals surface area contributed by atoms with Crippen molar-refractivity contribution in [1.29, 1.82) is 0 Å². The molecule has 0 N–H and O–H groups in total. The number of hydrogen-bond donors (Lipinski definition) is 0. The maximum absolute atomic E-state index is 13.5. The van der Waals surface area contributed by atoms with E-state index >= 15 is 0 Å². The van der Waals surface area contributed by atoms with E-state index in [1.54, 1.807) is 37.6 Å². The van der Waals surface area contributed by atoms with Crippen molar-refractivity contribution in [3.8, 4) is 11.5 Å². The number of methoxy groups -OCH3 is 1. The maximum Gasteiger partial charge on any atom is 0.282 e. The second-order valence-corrected chi connectivity index (χ2v) is 9.44. The smallest absolute Gasteiger partial charge is 0.282 e. The molecular formula is C25H20BrFIN3O3. The summed E-state index contributed by atoms with van der Waals surface area (Å²) in [6.07, 6.45) is 2.14. The number of rotatable bonds is 7. The summed E-state index contributed by atoms with van der Waals surface area (Å²) in [5.41, 5.74) is 1.83. The Kier molecular flexibility index (Phi) is 7.62. The molecule has 0 unspecified atom stereocenters. The monoisotopic (exact) mass is 635 g/mol. The topological polar surface area (TPSA) is 65.7 Å². The first-order chi connectivity index (χ1) is 16.4. The van der Waals surface area contributed by atoms with Crippen molar-refractivity contribution in [1.82, 2.24) is 9.66 Å². The van der Waals surface area contributed by atoms with Gasteiger partial charge in [0.05, 0.1) is 27.8 Å². The van der Waals surface area contributed by atoms with E-state index in [9.17, 15) is 9.18 Å². The zero-order valence-electron chi connectivity index (χ0n) is 18.4. The SMILES string of the molecule is CCc1nc2ccc(Br)cc2c(=O)n1N=Cc1cc(I)c(OCc2cccc(F)c2)c(OC)c1. The van der Waals surface area contributed by atoms with Crippen molar-refractivity contribution in [2.45, 2.75) is 20.0 Å². The average molecular weight is 636 g/mol. The number of ether oxygens (including phenoxy) is 2. The van der Waals surface area contributed by atoms with Crippen LogP contribution in [0.25, 0.3) is 10.9 Å². The summed E-state index contributed by atoms with van der Waals surface area (Å²) in [7, 11) is 1.55. The Hall–Kier alpha value is -2.79. The number of nitrogens with zero attached hydrogens (tertiary/aromatic N) is 3. The van der Waals surface area contributed by atoms with E-state index < -0.39 is 0 Å². The van der Waals surface area contributed by atoms with Crippen molar-refractivity contribution in [2.24, 2.45) is 5.10 Å². The van der Waals surface area contributed by atoms with Gasteiger partial charge in [0.25, 0.3) is 5.56 Å². The van der Waals surface area contributed by atoms with Crippen molar-refractivity contribution in [3.63, 3.8) is 0 Å². The van der Waals surface area contributed by atoms with Gasteiger partial charge in [-0.15, -0.1) is 0 Å².